The van der Waals surface area contributed by atoms with Crippen molar-refractivity contribution in [2.75, 3.05) is 0 Å². The normalized spacial score (nSPS) is 18.1. The number of benzene rings is 1. The van der Waals surface area contributed by atoms with Gasteiger partial charge in [-0.1, -0.05) is 30.3 Å². The lowest BCUT2D eigenvalue weighted by Gasteiger charge is -2.09. The smallest absolute Gasteiger partial charge is 0.0323 e. The van der Waals surface area contributed by atoms with E-state index in [1.54, 1.807) is 0 Å². The first kappa shape index (κ1) is 9.56. The molecule has 0 saturated heterocycles. The van der Waals surface area contributed by atoms with Gasteiger partial charge in [-0.25, -0.2) is 0 Å². The van der Waals surface area contributed by atoms with Crippen molar-refractivity contribution in [3.05, 3.63) is 35.9 Å². The third-order valence-corrected chi connectivity index (χ3v) is 2.31. The second-order valence-corrected chi connectivity index (χ2v) is 3.27. The molecule has 1 aliphatic rings. The van der Waals surface area contributed by atoms with Crippen molar-refractivity contribution in [1.29, 1.82) is 0 Å². The molecule has 1 atom stereocenters. The zero-order chi connectivity index (χ0) is 7.68. The quantitative estimate of drug-likeness (QED) is 0.749. The van der Waals surface area contributed by atoms with Crippen LogP contribution in [0.5, 0.6) is 0 Å². The maximum atomic E-state index is 6.00. The summed E-state index contributed by atoms with van der Waals surface area (Å²) in [6.45, 7) is 0. The van der Waals surface area contributed by atoms with Crippen LogP contribution in [0.25, 0.3) is 0 Å². The standard InChI is InChI=1S/C10H13N.ClH/c11-10(9-6-7-9)8-4-2-1-3-5-8;/h1-5,9-10H,6-7,11H2;1H/t10-;/m1./s1. The minimum absolute atomic E-state index is 0. The number of halogens is 1. The van der Waals surface area contributed by atoms with E-state index >= 15 is 0 Å². The van der Waals surface area contributed by atoms with Crippen molar-refractivity contribution < 1.29 is 0 Å². The summed E-state index contributed by atoms with van der Waals surface area (Å²) in [7, 11) is 0. The maximum absolute atomic E-state index is 6.00. The molecule has 0 amide bonds. The summed E-state index contributed by atoms with van der Waals surface area (Å²) in [6.07, 6.45) is 2.63. The molecular formula is C10H14ClN. The first-order chi connectivity index (χ1) is 5.38. The lowest BCUT2D eigenvalue weighted by atomic mass is 10.0. The molecule has 2 heteroatoms. The average molecular weight is 184 g/mol. The monoisotopic (exact) mass is 183 g/mol. The third kappa shape index (κ3) is 1.99. The highest BCUT2D eigenvalue weighted by atomic mass is 35.5. The topological polar surface area (TPSA) is 26.0 Å². The molecule has 0 aromatic heterocycles. The van der Waals surface area contributed by atoms with Crippen molar-refractivity contribution >= 4 is 12.4 Å². The van der Waals surface area contributed by atoms with E-state index in [2.05, 4.69) is 24.3 Å². The van der Waals surface area contributed by atoms with Crippen molar-refractivity contribution in [3.63, 3.8) is 0 Å². The van der Waals surface area contributed by atoms with Crippen molar-refractivity contribution in [2.24, 2.45) is 11.7 Å². The molecule has 0 heterocycles. The van der Waals surface area contributed by atoms with Gasteiger partial charge in [0.2, 0.25) is 0 Å². The van der Waals surface area contributed by atoms with Crippen LogP contribution in [0.4, 0.5) is 0 Å². The molecule has 0 spiro atoms. The Labute approximate surface area is 79.4 Å². The molecule has 1 fully saturated rings. The van der Waals surface area contributed by atoms with Gasteiger partial charge in [0, 0.05) is 6.04 Å². The van der Waals surface area contributed by atoms with E-state index in [9.17, 15) is 0 Å². The molecule has 1 saturated carbocycles. The second-order valence-electron chi connectivity index (χ2n) is 3.27. The van der Waals surface area contributed by atoms with Gasteiger partial charge in [-0.15, -0.1) is 12.4 Å². The van der Waals surface area contributed by atoms with E-state index in [4.69, 9.17) is 5.73 Å². The van der Waals surface area contributed by atoms with Gasteiger partial charge in [0.1, 0.15) is 0 Å². The Balaban J connectivity index is 0.000000720. The first-order valence-electron chi connectivity index (χ1n) is 4.18. The van der Waals surface area contributed by atoms with E-state index < -0.39 is 0 Å². The lowest BCUT2D eigenvalue weighted by Crippen LogP contribution is -2.11. The minimum atomic E-state index is 0. The predicted octanol–water partition coefficient (Wildman–Crippen LogP) is 2.52. The fraction of sp³-hybridized carbons (Fsp3) is 0.400. The van der Waals surface area contributed by atoms with Crippen molar-refractivity contribution in [2.45, 2.75) is 18.9 Å². The van der Waals surface area contributed by atoms with Crippen LogP contribution in [-0.2, 0) is 0 Å². The van der Waals surface area contributed by atoms with E-state index in [1.165, 1.54) is 18.4 Å². The second kappa shape index (κ2) is 3.92. The van der Waals surface area contributed by atoms with Crippen LogP contribution in [0.15, 0.2) is 30.3 Å². The summed E-state index contributed by atoms with van der Waals surface area (Å²) >= 11 is 0. The van der Waals surface area contributed by atoms with Crippen LogP contribution in [0.1, 0.15) is 24.4 Å². The molecule has 0 bridgehead atoms. The van der Waals surface area contributed by atoms with E-state index in [0.29, 0.717) is 0 Å². The Bertz CT molecular complexity index is 231. The van der Waals surface area contributed by atoms with Crippen LogP contribution >= 0.6 is 12.4 Å². The molecule has 0 radical (unpaired) electrons. The first-order valence-corrected chi connectivity index (χ1v) is 4.18. The molecule has 2 rings (SSSR count). The third-order valence-electron chi connectivity index (χ3n) is 2.31. The summed E-state index contributed by atoms with van der Waals surface area (Å²) < 4.78 is 0. The summed E-state index contributed by atoms with van der Waals surface area (Å²) in [5.74, 6) is 0.761. The molecule has 66 valence electrons. The van der Waals surface area contributed by atoms with Crippen LogP contribution in [0.3, 0.4) is 0 Å². The Morgan fingerprint density at radius 3 is 2.25 bits per heavy atom. The molecule has 2 N–H and O–H groups in total. The molecule has 0 unspecified atom stereocenters. The molecular weight excluding hydrogens is 170 g/mol. The van der Waals surface area contributed by atoms with Crippen molar-refractivity contribution in [1.82, 2.24) is 0 Å². The fourth-order valence-electron chi connectivity index (χ4n) is 1.40. The van der Waals surface area contributed by atoms with Gasteiger partial charge in [-0.2, -0.15) is 0 Å². The summed E-state index contributed by atoms with van der Waals surface area (Å²) in [5, 5.41) is 0. The summed E-state index contributed by atoms with van der Waals surface area (Å²) in [6, 6.07) is 10.7. The van der Waals surface area contributed by atoms with Gasteiger partial charge < -0.3 is 5.73 Å². The fourth-order valence-corrected chi connectivity index (χ4v) is 1.40. The molecule has 1 aromatic rings. The highest BCUT2D eigenvalue weighted by Crippen LogP contribution is 2.39. The Hall–Kier alpha value is -0.530. The Kier molecular flexibility index (Phi) is 3.12. The minimum Gasteiger partial charge on any atom is -0.324 e. The maximum Gasteiger partial charge on any atom is 0.0323 e. The number of rotatable bonds is 2. The number of hydrogen-bond donors (Lipinski definition) is 1. The summed E-state index contributed by atoms with van der Waals surface area (Å²) in [5.41, 5.74) is 7.29. The Morgan fingerprint density at radius 2 is 1.75 bits per heavy atom. The van der Waals surface area contributed by atoms with Gasteiger partial charge >= 0.3 is 0 Å². The van der Waals surface area contributed by atoms with E-state index in [-0.39, 0.29) is 18.4 Å². The SMILES string of the molecule is Cl.N[C@H](c1ccccc1)C1CC1. The van der Waals surface area contributed by atoms with Crippen molar-refractivity contribution in [3.8, 4) is 0 Å². The molecule has 1 aromatic carbocycles. The lowest BCUT2D eigenvalue weighted by molar-refractivity contribution is 0.633. The molecule has 0 aliphatic heterocycles. The zero-order valence-corrected chi connectivity index (χ0v) is 7.76. The number of nitrogens with two attached hydrogens (primary N) is 1. The van der Waals surface area contributed by atoms with Gasteiger partial charge in [0.05, 0.1) is 0 Å². The van der Waals surface area contributed by atoms with Gasteiger partial charge in [-0.3, -0.25) is 0 Å². The highest BCUT2D eigenvalue weighted by Gasteiger charge is 2.28. The van der Waals surface area contributed by atoms with Crippen LogP contribution < -0.4 is 5.73 Å². The van der Waals surface area contributed by atoms with E-state index in [1.807, 2.05) is 6.07 Å². The zero-order valence-electron chi connectivity index (χ0n) is 6.94. The molecule has 12 heavy (non-hydrogen) atoms. The largest absolute Gasteiger partial charge is 0.324 e. The van der Waals surface area contributed by atoms with Crippen LogP contribution in [-0.4, -0.2) is 0 Å². The van der Waals surface area contributed by atoms with Gasteiger partial charge in [0.25, 0.3) is 0 Å². The Morgan fingerprint density at radius 1 is 1.17 bits per heavy atom. The highest BCUT2D eigenvalue weighted by molar-refractivity contribution is 5.85. The van der Waals surface area contributed by atoms with Gasteiger partial charge in [-0.05, 0) is 24.3 Å². The number of hydrogen-bond acceptors (Lipinski definition) is 1. The summed E-state index contributed by atoms with van der Waals surface area (Å²) in [4.78, 5) is 0. The molecule has 1 nitrogen and oxygen atoms in total. The van der Waals surface area contributed by atoms with Crippen LogP contribution in [0, 0.1) is 5.92 Å². The molecule has 1 aliphatic carbocycles. The van der Waals surface area contributed by atoms with Gasteiger partial charge in [0.15, 0.2) is 0 Å². The predicted molar refractivity (Wildman–Crippen MR) is 53.3 cm³/mol. The average Bonchev–Trinajstić information content (AvgIpc) is 2.87. The van der Waals surface area contributed by atoms with E-state index in [0.717, 1.165) is 5.92 Å². The van der Waals surface area contributed by atoms with Crippen LogP contribution in [0.2, 0.25) is 0 Å².